The summed E-state index contributed by atoms with van der Waals surface area (Å²) in [6.07, 6.45) is 4.11. The first-order valence-electron chi connectivity index (χ1n) is 5.16. The smallest absolute Gasteiger partial charge is 0.232 e. The molecule has 1 aromatic rings. The van der Waals surface area contributed by atoms with Crippen LogP contribution in [0.3, 0.4) is 0 Å². The van der Waals surface area contributed by atoms with Crippen LogP contribution < -0.4 is 9.64 Å². The zero-order valence-corrected chi connectivity index (χ0v) is 12.2. The Bertz CT molecular complexity index is 375. The Morgan fingerprint density at radius 1 is 1.56 bits per heavy atom. The topological polar surface area (TPSA) is 38.2 Å². The average molecular weight is 351 g/mol. The molecule has 2 rings (SSSR count). The number of hydrogen-bond donors (Lipinski definition) is 0. The number of halogens is 2. The van der Waals surface area contributed by atoms with Gasteiger partial charge in [0.1, 0.15) is 0 Å². The fourth-order valence-electron chi connectivity index (χ4n) is 1.75. The van der Waals surface area contributed by atoms with Crippen LogP contribution in [0.2, 0.25) is 0 Å². The lowest BCUT2D eigenvalue weighted by atomic mass is 10.1. The van der Waals surface area contributed by atoms with Crippen LogP contribution in [-0.2, 0) is 0 Å². The number of anilines is 1. The minimum absolute atomic E-state index is 0.527. The molecule has 6 heteroatoms. The molecule has 0 spiro atoms. The number of methoxy groups -OCH3 is 1. The molecule has 1 aliphatic rings. The van der Waals surface area contributed by atoms with E-state index in [1.165, 1.54) is 6.42 Å². The summed E-state index contributed by atoms with van der Waals surface area (Å²) in [5, 5.41) is 0. The Kier molecular flexibility index (Phi) is 4.02. The maximum atomic E-state index is 5.17. The fourth-order valence-corrected chi connectivity index (χ4v) is 2.77. The Morgan fingerprint density at radius 3 is 3.06 bits per heavy atom. The van der Waals surface area contributed by atoms with E-state index >= 15 is 0 Å². The quantitative estimate of drug-likeness (QED) is 0.768. The summed E-state index contributed by atoms with van der Waals surface area (Å²) in [6, 6.07) is 0. The predicted molar refractivity (Wildman–Crippen MR) is 70.4 cm³/mol. The van der Waals surface area contributed by atoms with E-state index in [1.807, 2.05) is 0 Å². The van der Waals surface area contributed by atoms with Crippen molar-refractivity contribution in [3.63, 3.8) is 0 Å². The Morgan fingerprint density at radius 2 is 2.38 bits per heavy atom. The largest absolute Gasteiger partial charge is 0.480 e. The van der Waals surface area contributed by atoms with Crippen molar-refractivity contribution in [3.8, 4) is 5.88 Å². The van der Waals surface area contributed by atoms with Gasteiger partial charge in [-0.05, 0) is 28.8 Å². The summed E-state index contributed by atoms with van der Waals surface area (Å²) in [6.45, 7) is 1.96. The molecule has 0 aliphatic carbocycles. The van der Waals surface area contributed by atoms with E-state index in [4.69, 9.17) is 4.74 Å². The second-order valence-electron chi connectivity index (χ2n) is 3.71. The fraction of sp³-hybridized carbons (Fsp3) is 0.600. The number of aromatic nitrogens is 2. The molecule has 1 fully saturated rings. The van der Waals surface area contributed by atoms with Gasteiger partial charge in [-0.2, -0.15) is 4.98 Å². The maximum Gasteiger partial charge on any atom is 0.232 e. The van der Waals surface area contributed by atoms with Gasteiger partial charge in [-0.1, -0.05) is 15.9 Å². The highest BCUT2D eigenvalue weighted by atomic mass is 79.9. The normalized spacial score (nSPS) is 20.9. The van der Waals surface area contributed by atoms with Crippen molar-refractivity contribution in [1.82, 2.24) is 9.97 Å². The Hall–Kier alpha value is -0.360. The van der Waals surface area contributed by atoms with Crippen molar-refractivity contribution in [2.45, 2.75) is 17.7 Å². The number of hydrogen-bond acceptors (Lipinski definition) is 4. The highest BCUT2D eigenvalue weighted by Gasteiger charge is 2.20. The van der Waals surface area contributed by atoms with E-state index in [0.29, 0.717) is 10.7 Å². The van der Waals surface area contributed by atoms with Crippen molar-refractivity contribution in [2.24, 2.45) is 0 Å². The van der Waals surface area contributed by atoms with Gasteiger partial charge >= 0.3 is 0 Å². The van der Waals surface area contributed by atoms with E-state index in [2.05, 4.69) is 46.7 Å². The molecule has 1 aromatic heterocycles. The number of piperidine rings is 1. The van der Waals surface area contributed by atoms with Crippen molar-refractivity contribution in [3.05, 3.63) is 10.7 Å². The van der Waals surface area contributed by atoms with E-state index in [-0.39, 0.29) is 0 Å². The van der Waals surface area contributed by atoms with Gasteiger partial charge in [0.2, 0.25) is 11.8 Å². The van der Waals surface area contributed by atoms with Crippen molar-refractivity contribution in [1.29, 1.82) is 0 Å². The first-order chi connectivity index (χ1) is 7.70. The van der Waals surface area contributed by atoms with Crippen LogP contribution in [0, 0.1) is 0 Å². The second kappa shape index (κ2) is 5.31. The van der Waals surface area contributed by atoms with E-state index in [0.717, 1.165) is 29.9 Å². The van der Waals surface area contributed by atoms with Gasteiger partial charge in [-0.3, -0.25) is 0 Å². The van der Waals surface area contributed by atoms with Crippen molar-refractivity contribution < 1.29 is 4.74 Å². The first-order valence-corrected chi connectivity index (χ1v) is 6.87. The van der Waals surface area contributed by atoms with Crippen LogP contribution in [0.4, 0.5) is 5.95 Å². The molecule has 0 radical (unpaired) electrons. The highest BCUT2D eigenvalue weighted by molar-refractivity contribution is 9.10. The SMILES string of the molecule is COc1nc(N2CCCC(Br)C2)ncc1Br. The maximum absolute atomic E-state index is 5.17. The number of ether oxygens (including phenoxy) is 1. The molecule has 1 aliphatic heterocycles. The predicted octanol–water partition coefficient (Wildman–Crippen LogP) is 2.61. The van der Waals surface area contributed by atoms with Crippen molar-refractivity contribution in [2.75, 3.05) is 25.1 Å². The molecule has 1 saturated heterocycles. The summed E-state index contributed by atoms with van der Waals surface area (Å²) in [5.74, 6) is 1.32. The lowest BCUT2D eigenvalue weighted by Crippen LogP contribution is -2.36. The zero-order chi connectivity index (χ0) is 11.5. The summed E-state index contributed by atoms with van der Waals surface area (Å²) < 4.78 is 5.95. The zero-order valence-electron chi connectivity index (χ0n) is 8.99. The molecule has 0 amide bonds. The molecule has 88 valence electrons. The highest BCUT2D eigenvalue weighted by Crippen LogP contribution is 2.26. The standard InChI is InChI=1S/C10H13Br2N3O/c1-16-9-8(12)5-13-10(14-9)15-4-2-3-7(11)6-15/h5,7H,2-4,6H2,1H3. The van der Waals surface area contributed by atoms with E-state index in [1.54, 1.807) is 13.3 Å². The lowest BCUT2D eigenvalue weighted by molar-refractivity contribution is 0.393. The third-order valence-electron chi connectivity index (χ3n) is 2.54. The van der Waals surface area contributed by atoms with Gasteiger partial charge in [-0.25, -0.2) is 4.98 Å². The molecular formula is C10H13Br2N3O. The van der Waals surface area contributed by atoms with Crippen LogP contribution in [-0.4, -0.2) is 35.0 Å². The summed E-state index contributed by atoms with van der Waals surface area (Å²) in [7, 11) is 1.61. The summed E-state index contributed by atoms with van der Waals surface area (Å²) >= 11 is 6.99. The van der Waals surface area contributed by atoms with Crippen LogP contribution in [0.5, 0.6) is 5.88 Å². The van der Waals surface area contributed by atoms with Crippen LogP contribution in [0.15, 0.2) is 10.7 Å². The second-order valence-corrected chi connectivity index (χ2v) is 5.86. The number of rotatable bonds is 2. The molecular weight excluding hydrogens is 338 g/mol. The van der Waals surface area contributed by atoms with E-state index in [9.17, 15) is 0 Å². The molecule has 0 bridgehead atoms. The third kappa shape index (κ3) is 2.66. The van der Waals surface area contributed by atoms with Gasteiger partial charge in [0, 0.05) is 17.9 Å². The van der Waals surface area contributed by atoms with Crippen molar-refractivity contribution >= 4 is 37.8 Å². The molecule has 1 atom stereocenters. The molecule has 4 nitrogen and oxygen atoms in total. The Balaban J connectivity index is 2.19. The van der Waals surface area contributed by atoms with Crippen LogP contribution in [0.1, 0.15) is 12.8 Å². The molecule has 1 unspecified atom stereocenters. The van der Waals surface area contributed by atoms with Gasteiger partial charge in [0.05, 0.1) is 17.8 Å². The molecule has 0 saturated carbocycles. The minimum Gasteiger partial charge on any atom is -0.480 e. The third-order valence-corrected chi connectivity index (χ3v) is 3.83. The Labute approximate surface area is 112 Å². The lowest BCUT2D eigenvalue weighted by Gasteiger charge is -2.30. The van der Waals surface area contributed by atoms with Crippen LogP contribution >= 0.6 is 31.9 Å². The minimum atomic E-state index is 0.527. The van der Waals surface area contributed by atoms with Crippen LogP contribution in [0.25, 0.3) is 0 Å². The van der Waals surface area contributed by atoms with Gasteiger partial charge < -0.3 is 9.64 Å². The summed E-state index contributed by atoms with van der Waals surface area (Å²) in [4.78, 5) is 11.4. The molecule has 0 aromatic carbocycles. The van der Waals surface area contributed by atoms with E-state index < -0.39 is 0 Å². The molecule has 16 heavy (non-hydrogen) atoms. The monoisotopic (exact) mass is 349 g/mol. The first kappa shape index (κ1) is 12.1. The molecule has 2 heterocycles. The summed E-state index contributed by atoms with van der Waals surface area (Å²) in [5.41, 5.74) is 0. The van der Waals surface area contributed by atoms with Gasteiger partial charge in [0.25, 0.3) is 0 Å². The van der Waals surface area contributed by atoms with Gasteiger partial charge in [-0.15, -0.1) is 0 Å². The average Bonchev–Trinajstić information content (AvgIpc) is 2.29. The molecule has 0 N–H and O–H groups in total. The number of alkyl halides is 1. The number of nitrogens with zero attached hydrogens (tertiary/aromatic N) is 3. The van der Waals surface area contributed by atoms with Gasteiger partial charge in [0.15, 0.2) is 0 Å².